The van der Waals surface area contributed by atoms with Crippen LogP contribution in [0.4, 0.5) is 0 Å². The maximum atomic E-state index is 2.57. The monoisotopic (exact) mass is 406 g/mol. The molecular weight excluding hydrogens is 348 g/mol. The van der Waals surface area contributed by atoms with Crippen LogP contribution in [-0.2, 0) is 0 Å². The molecule has 0 bridgehead atoms. The summed E-state index contributed by atoms with van der Waals surface area (Å²) in [7, 11) is 0. The molecule has 0 heteroatoms. The van der Waals surface area contributed by atoms with E-state index in [2.05, 4.69) is 27.7 Å². The molecule has 0 N–H and O–H groups in total. The Kier molecular flexibility index (Phi) is 17.5. The molecule has 174 valence electrons. The molecule has 0 unspecified atom stereocenters. The van der Waals surface area contributed by atoms with Crippen molar-refractivity contribution in [3.63, 3.8) is 0 Å². The lowest BCUT2D eigenvalue weighted by Crippen LogP contribution is -2.28. The van der Waals surface area contributed by atoms with Gasteiger partial charge in [0.05, 0.1) is 0 Å². The highest BCUT2D eigenvalue weighted by Gasteiger charge is 2.31. The van der Waals surface area contributed by atoms with Gasteiger partial charge in [-0.25, -0.2) is 0 Å². The molecule has 1 aliphatic carbocycles. The second-order valence-corrected chi connectivity index (χ2v) is 10.8. The van der Waals surface area contributed by atoms with E-state index in [1.165, 1.54) is 135 Å². The van der Waals surface area contributed by atoms with E-state index < -0.39 is 0 Å². The van der Waals surface area contributed by atoms with Crippen LogP contribution in [0.2, 0.25) is 0 Å². The third kappa shape index (κ3) is 13.8. The molecule has 1 rings (SSSR count). The minimum atomic E-state index is 0.982. The van der Waals surface area contributed by atoms with Crippen LogP contribution in [0.3, 0.4) is 0 Å². The van der Waals surface area contributed by atoms with Crippen molar-refractivity contribution in [3.8, 4) is 0 Å². The van der Waals surface area contributed by atoms with Crippen molar-refractivity contribution in [1.82, 2.24) is 0 Å². The summed E-state index contributed by atoms with van der Waals surface area (Å²) in [5.41, 5.74) is 0. The van der Waals surface area contributed by atoms with Gasteiger partial charge in [0.1, 0.15) is 0 Å². The number of unbranched alkanes of at least 4 members (excludes halogenated alkanes) is 14. The molecule has 0 aromatic heterocycles. The van der Waals surface area contributed by atoms with Gasteiger partial charge in [-0.05, 0) is 30.1 Å². The molecule has 1 fully saturated rings. The predicted octanol–water partition coefficient (Wildman–Crippen LogP) is 10.7. The van der Waals surface area contributed by atoms with Crippen LogP contribution in [0, 0.1) is 23.7 Å². The first-order chi connectivity index (χ1) is 14.2. The molecule has 0 amide bonds. The molecule has 0 spiro atoms. The number of rotatable bonds is 19. The van der Waals surface area contributed by atoms with E-state index in [0.717, 1.165) is 23.7 Å². The van der Waals surface area contributed by atoms with E-state index in [0.29, 0.717) is 0 Å². The van der Waals surface area contributed by atoms with E-state index in [1.54, 1.807) is 0 Å². The van der Waals surface area contributed by atoms with E-state index in [4.69, 9.17) is 0 Å². The summed E-state index contributed by atoms with van der Waals surface area (Å²) < 4.78 is 0. The third-order valence-electron chi connectivity index (χ3n) is 7.98. The predicted molar refractivity (Wildman–Crippen MR) is 134 cm³/mol. The fraction of sp³-hybridized carbons (Fsp3) is 1.00. The van der Waals surface area contributed by atoms with Gasteiger partial charge in [-0.3, -0.25) is 0 Å². The molecule has 0 nitrogen and oxygen atoms in total. The summed E-state index contributed by atoms with van der Waals surface area (Å²) in [6.07, 6.45) is 31.1. The summed E-state index contributed by atoms with van der Waals surface area (Å²) in [6, 6.07) is 0. The Morgan fingerprint density at radius 1 is 0.552 bits per heavy atom. The van der Waals surface area contributed by atoms with Gasteiger partial charge < -0.3 is 0 Å². The molecule has 0 aromatic carbocycles. The minimum absolute atomic E-state index is 0.982. The molecule has 1 saturated carbocycles. The number of hydrogen-bond donors (Lipinski definition) is 0. The van der Waals surface area contributed by atoms with Gasteiger partial charge in [0.25, 0.3) is 0 Å². The molecule has 0 saturated heterocycles. The fourth-order valence-corrected chi connectivity index (χ4v) is 5.89. The highest BCUT2D eigenvalue weighted by Crippen LogP contribution is 2.41. The molecule has 0 aliphatic heterocycles. The lowest BCUT2D eigenvalue weighted by molar-refractivity contribution is 0.122. The smallest absolute Gasteiger partial charge is 0.0358 e. The quantitative estimate of drug-likeness (QED) is 0.187. The van der Waals surface area contributed by atoms with Crippen LogP contribution < -0.4 is 0 Å². The molecule has 0 heterocycles. The Morgan fingerprint density at radius 2 is 0.966 bits per heavy atom. The fourth-order valence-electron chi connectivity index (χ4n) is 5.89. The van der Waals surface area contributed by atoms with Gasteiger partial charge in [-0.15, -0.1) is 0 Å². The normalized spacial score (nSPS) is 22.4. The SMILES string of the molecule is CCCCCCCCCCC(CCCCCCCCCC)[C@H]1C[C@H](C)CC[C@@H]1C. The van der Waals surface area contributed by atoms with E-state index >= 15 is 0 Å². The molecule has 3 atom stereocenters. The average Bonchev–Trinajstić information content (AvgIpc) is 2.72. The number of hydrogen-bond acceptors (Lipinski definition) is 0. The van der Waals surface area contributed by atoms with Crippen molar-refractivity contribution in [2.45, 2.75) is 163 Å². The van der Waals surface area contributed by atoms with Crippen molar-refractivity contribution >= 4 is 0 Å². The van der Waals surface area contributed by atoms with E-state index in [-0.39, 0.29) is 0 Å². The Hall–Kier alpha value is 0. The maximum Gasteiger partial charge on any atom is -0.0358 e. The van der Waals surface area contributed by atoms with Crippen molar-refractivity contribution < 1.29 is 0 Å². The summed E-state index contributed by atoms with van der Waals surface area (Å²) in [6.45, 7) is 9.73. The van der Waals surface area contributed by atoms with Crippen LogP contribution in [-0.4, -0.2) is 0 Å². The Bertz CT molecular complexity index is 313. The van der Waals surface area contributed by atoms with Gasteiger partial charge >= 0.3 is 0 Å². The van der Waals surface area contributed by atoms with Gasteiger partial charge in [0.2, 0.25) is 0 Å². The summed E-state index contributed by atoms with van der Waals surface area (Å²) in [4.78, 5) is 0. The Labute approximate surface area is 186 Å². The van der Waals surface area contributed by atoms with Crippen LogP contribution in [0.25, 0.3) is 0 Å². The minimum Gasteiger partial charge on any atom is -0.0654 e. The van der Waals surface area contributed by atoms with Crippen LogP contribution in [0.5, 0.6) is 0 Å². The standard InChI is InChI=1S/C29H58/c1-5-7-9-11-13-15-17-19-21-28(29-25-26(3)23-24-27(29)4)22-20-18-16-14-12-10-8-6-2/h26-29H,5-25H2,1-4H3/t26-,27+,29+/m1/s1. The Balaban J connectivity index is 2.26. The second-order valence-electron chi connectivity index (χ2n) is 10.8. The first-order valence-corrected chi connectivity index (χ1v) is 14.2. The van der Waals surface area contributed by atoms with Crippen molar-refractivity contribution in [1.29, 1.82) is 0 Å². The zero-order valence-corrected chi connectivity index (χ0v) is 21.2. The topological polar surface area (TPSA) is 0 Å². The maximum absolute atomic E-state index is 2.57. The van der Waals surface area contributed by atoms with Crippen LogP contribution in [0.15, 0.2) is 0 Å². The molecule has 1 aliphatic rings. The third-order valence-corrected chi connectivity index (χ3v) is 7.98. The van der Waals surface area contributed by atoms with Gasteiger partial charge in [-0.2, -0.15) is 0 Å². The van der Waals surface area contributed by atoms with E-state index in [1.807, 2.05) is 0 Å². The summed E-state index contributed by atoms with van der Waals surface area (Å²) in [5.74, 6) is 4.04. The molecule has 29 heavy (non-hydrogen) atoms. The highest BCUT2D eigenvalue weighted by molar-refractivity contribution is 4.81. The van der Waals surface area contributed by atoms with E-state index in [9.17, 15) is 0 Å². The zero-order valence-electron chi connectivity index (χ0n) is 21.2. The molecular formula is C29H58. The Morgan fingerprint density at radius 3 is 1.41 bits per heavy atom. The van der Waals surface area contributed by atoms with Crippen molar-refractivity contribution in [2.24, 2.45) is 23.7 Å². The van der Waals surface area contributed by atoms with Gasteiger partial charge in [0, 0.05) is 0 Å². The van der Waals surface area contributed by atoms with Crippen molar-refractivity contribution in [2.75, 3.05) is 0 Å². The largest absolute Gasteiger partial charge is 0.0654 e. The first-order valence-electron chi connectivity index (χ1n) is 14.2. The first kappa shape index (κ1) is 27.0. The van der Waals surface area contributed by atoms with Crippen LogP contribution >= 0.6 is 0 Å². The highest BCUT2D eigenvalue weighted by atomic mass is 14.4. The molecule has 0 aromatic rings. The van der Waals surface area contributed by atoms with Crippen molar-refractivity contribution in [3.05, 3.63) is 0 Å². The summed E-state index contributed by atoms with van der Waals surface area (Å²) in [5, 5.41) is 0. The van der Waals surface area contributed by atoms with Gasteiger partial charge in [-0.1, -0.05) is 156 Å². The zero-order chi connectivity index (χ0) is 21.2. The van der Waals surface area contributed by atoms with Gasteiger partial charge in [0.15, 0.2) is 0 Å². The lowest BCUT2D eigenvalue weighted by atomic mass is 9.67. The second kappa shape index (κ2) is 18.7. The lowest BCUT2D eigenvalue weighted by Gasteiger charge is -2.38. The average molecular weight is 407 g/mol. The summed E-state index contributed by atoms with van der Waals surface area (Å²) >= 11 is 0. The van der Waals surface area contributed by atoms with Crippen LogP contribution in [0.1, 0.15) is 163 Å². The molecule has 0 radical (unpaired) electrons.